The summed E-state index contributed by atoms with van der Waals surface area (Å²) in [5, 5.41) is 2.84. The van der Waals surface area contributed by atoms with Gasteiger partial charge in [-0.3, -0.25) is 4.79 Å². The lowest BCUT2D eigenvalue weighted by Crippen LogP contribution is -2.03. The number of nitrogens with one attached hydrogen (secondary N) is 1. The van der Waals surface area contributed by atoms with Crippen molar-refractivity contribution < 1.29 is 9.21 Å². The lowest BCUT2D eigenvalue weighted by Gasteiger charge is -1.95. The Morgan fingerprint density at radius 3 is 2.83 bits per heavy atom. The van der Waals surface area contributed by atoms with Crippen LogP contribution < -0.4 is 5.32 Å². The molecule has 1 aromatic carbocycles. The van der Waals surface area contributed by atoms with E-state index in [1.807, 2.05) is 43.3 Å². The van der Waals surface area contributed by atoms with Crippen molar-refractivity contribution in [1.82, 2.24) is 0 Å². The molecule has 1 N–H and O–H groups in total. The number of anilines is 1. The Morgan fingerprint density at radius 2 is 2.06 bits per heavy atom. The van der Waals surface area contributed by atoms with E-state index in [1.165, 1.54) is 0 Å². The molecule has 2 heterocycles. The van der Waals surface area contributed by atoms with Gasteiger partial charge in [-0.1, -0.05) is 25.1 Å². The molecule has 1 aromatic heterocycles. The van der Waals surface area contributed by atoms with Gasteiger partial charge < -0.3 is 9.73 Å². The molecule has 2 aromatic rings. The standard InChI is InChI=1S/C15H13NO2/c1-2-10-7-8-11(18-10)9-13-12-5-3-4-6-14(12)16-15(13)17/h3-9H,2H2,1H3,(H,16,17). The van der Waals surface area contributed by atoms with Crippen LogP contribution in [-0.2, 0) is 11.2 Å². The van der Waals surface area contributed by atoms with Crippen LogP contribution >= 0.6 is 0 Å². The minimum absolute atomic E-state index is 0.0781. The monoisotopic (exact) mass is 239 g/mol. The summed E-state index contributed by atoms with van der Waals surface area (Å²) in [6.45, 7) is 2.04. The molecule has 0 spiro atoms. The normalized spacial score (nSPS) is 15.8. The first kappa shape index (κ1) is 10.8. The molecule has 3 nitrogen and oxygen atoms in total. The van der Waals surface area contributed by atoms with Gasteiger partial charge in [0.05, 0.1) is 5.57 Å². The van der Waals surface area contributed by atoms with Crippen LogP contribution in [0.5, 0.6) is 0 Å². The maximum absolute atomic E-state index is 11.9. The number of carbonyl (C=O) groups is 1. The van der Waals surface area contributed by atoms with Crippen LogP contribution in [0.4, 0.5) is 5.69 Å². The van der Waals surface area contributed by atoms with Crippen molar-refractivity contribution >= 4 is 23.2 Å². The predicted octanol–water partition coefficient (Wildman–Crippen LogP) is 3.33. The molecule has 1 aliphatic heterocycles. The summed E-state index contributed by atoms with van der Waals surface area (Å²) in [5.41, 5.74) is 2.44. The van der Waals surface area contributed by atoms with E-state index in [0.717, 1.165) is 23.4 Å². The lowest BCUT2D eigenvalue weighted by molar-refractivity contribution is -0.110. The summed E-state index contributed by atoms with van der Waals surface area (Å²) in [7, 11) is 0. The molecule has 0 saturated carbocycles. The molecule has 0 fully saturated rings. The molecule has 3 heteroatoms. The molecular formula is C15H13NO2. The molecule has 1 aliphatic rings. The van der Waals surface area contributed by atoms with E-state index >= 15 is 0 Å². The summed E-state index contributed by atoms with van der Waals surface area (Å²) in [6, 6.07) is 11.5. The Labute approximate surface area is 105 Å². The van der Waals surface area contributed by atoms with Crippen LogP contribution in [0.1, 0.15) is 24.0 Å². The minimum Gasteiger partial charge on any atom is -0.462 e. The number of hydrogen-bond donors (Lipinski definition) is 1. The molecule has 90 valence electrons. The molecule has 0 aliphatic carbocycles. The number of para-hydroxylation sites is 1. The second kappa shape index (κ2) is 4.18. The van der Waals surface area contributed by atoms with E-state index in [4.69, 9.17) is 4.42 Å². The van der Waals surface area contributed by atoms with Gasteiger partial charge in [-0.25, -0.2) is 0 Å². The summed E-state index contributed by atoms with van der Waals surface area (Å²) in [4.78, 5) is 11.9. The Kier molecular flexibility index (Phi) is 2.52. The van der Waals surface area contributed by atoms with Gasteiger partial charge in [0.2, 0.25) is 0 Å². The van der Waals surface area contributed by atoms with Crippen molar-refractivity contribution in [1.29, 1.82) is 0 Å². The highest BCUT2D eigenvalue weighted by Crippen LogP contribution is 2.32. The van der Waals surface area contributed by atoms with Gasteiger partial charge >= 0.3 is 0 Å². The highest BCUT2D eigenvalue weighted by atomic mass is 16.3. The van der Waals surface area contributed by atoms with Gasteiger partial charge in [0.1, 0.15) is 11.5 Å². The predicted molar refractivity (Wildman–Crippen MR) is 71.0 cm³/mol. The van der Waals surface area contributed by atoms with Crippen LogP contribution in [0.15, 0.2) is 40.8 Å². The van der Waals surface area contributed by atoms with Crippen LogP contribution in [-0.4, -0.2) is 5.91 Å². The Morgan fingerprint density at radius 1 is 1.22 bits per heavy atom. The molecule has 3 rings (SSSR count). The summed E-state index contributed by atoms with van der Waals surface area (Å²) in [5.74, 6) is 1.56. The van der Waals surface area contributed by atoms with Gasteiger partial charge in [-0.05, 0) is 24.3 Å². The van der Waals surface area contributed by atoms with E-state index in [-0.39, 0.29) is 5.91 Å². The topological polar surface area (TPSA) is 42.2 Å². The molecule has 0 saturated heterocycles. The third-order valence-corrected chi connectivity index (χ3v) is 3.03. The van der Waals surface area contributed by atoms with Crippen molar-refractivity contribution in [3.63, 3.8) is 0 Å². The van der Waals surface area contributed by atoms with E-state index in [0.29, 0.717) is 11.3 Å². The molecule has 0 unspecified atom stereocenters. The Hall–Kier alpha value is -2.29. The van der Waals surface area contributed by atoms with E-state index in [9.17, 15) is 4.79 Å². The Bertz CT molecular complexity index is 637. The zero-order valence-electron chi connectivity index (χ0n) is 10.1. The highest BCUT2D eigenvalue weighted by Gasteiger charge is 2.23. The second-order valence-electron chi connectivity index (χ2n) is 4.22. The first-order chi connectivity index (χ1) is 8.78. The van der Waals surface area contributed by atoms with Crippen molar-refractivity contribution in [3.05, 3.63) is 53.5 Å². The van der Waals surface area contributed by atoms with E-state index in [2.05, 4.69) is 5.32 Å². The van der Waals surface area contributed by atoms with Gasteiger partial charge in [0.15, 0.2) is 0 Å². The van der Waals surface area contributed by atoms with Gasteiger partial charge in [0, 0.05) is 17.7 Å². The Balaban J connectivity index is 2.04. The van der Waals surface area contributed by atoms with Crippen molar-refractivity contribution in [2.75, 3.05) is 5.32 Å². The molecule has 18 heavy (non-hydrogen) atoms. The minimum atomic E-state index is -0.0781. The number of fused-ring (bicyclic) bond motifs is 1. The summed E-state index contributed by atoms with van der Waals surface area (Å²) >= 11 is 0. The first-order valence-corrected chi connectivity index (χ1v) is 5.99. The zero-order chi connectivity index (χ0) is 12.5. The van der Waals surface area contributed by atoms with Crippen LogP contribution in [0.2, 0.25) is 0 Å². The largest absolute Gasteiger partial charge is 0.462 e. The van der Waals surface area contributed by atoms with Crippen LogP contribution in [0.25, 0.3) is 11.6 Å². The number of carbonyl (C=O) groups excluding carboxylic acids is 1. The summed E-state index contributed by atoms with van der Waals surface area (Å²) in [6.07, 6.45) is 2.65. The fourth-order valence-electron chi connectivity index (χ4n) is 2.09. The molecular weight excluding hydrogens is 226 g/mol. The first-order valence-electron chi connectivity index (χ1n) is 5.99. The quantitative estimate of drug-likeness (QED) is 0.817. The van der Waals surface area contributed by atoms with Crippen molar-refractivity contribution in [3.8, 4) is 0 Å². The molecule has 0 bridgehead atoms. The maximum Gasteiger partial charge on any atom is 0.256 e. The highest BCUT2D eigenvalue weighted by molar-refractivity contribution is 6.34. The number of furan rings is 1. The number of aryl methyl sites for hydroxylation is 1. The van der Waals surface area contributed by atoms with Gasteiger partial charge in [0.25, 0.3) is 5.91 Å². The SMILES string of the molecule is CCc1ccc(C=C2C(=O)Nc3ccccc32)o1. The number of hydrogen-bond acceptors (Lipinski definition) is 2. The third-order valence-electron chi connectivity index (χ3n) is 3.03. The smallest absolute Gasteiger partial charge is 0.256 e. The summed E-state index contributed by atoms with van der Waals surface area (Å²) < 4.78 is 5.60. The van der Waals surface area contributed by atoms with Crippen molar-refractivity contribution in [2.24, 2.45) is 0 Å². The fourth-order valence-corrected chi connectivity index (χ4v) is 2.09. The average Bonchev–Trinajstić information content (AvgIpc) is 2.96. The third kappa shape index (κ3) is 1.74. The second-order valence-corrected chi connectivity index (χ2v) is 4.22. The van der Waals surface area contributed by atoms with Crippen LogP contribution in [0.3, 0.4) is 0 Å². The maximum atomic E-state index is 11.9. The van der Waals surface area contributed by atoms with E-state index < -0.39 is 0 Å². The lowest BCUT2D eigenvalue weighted by atomic mass is 10.1. The molecule has 1 amide bonds. The van der Waals surface area contributed by atoms with Gasteiger partial charge in [-0.15, -0.1) is 0 Å². The number of amides is 1. The number of rotatable bonds is 2. The molecule has 0 radical (unpaired) electrons. The molecule has 0 atom stereocenters. The average molecular weight is 239 g/mol. The van der Waals surface area contributed by atoms with E-state index in [1.54, 1.807) is 6.08 Å². The van der Waals surface area contributed by atoms with Gasteiger partial charge in [-0.2, -0.15) is 0 Å². The number of benzene rings is 1. The zero-order valence-corrected chi connectivity index (χ0v) is 10.1. The fraction of sp³-hybridized carbons (Fsp3) is 0.133. The van der Waals surface area contributed by atoms with Crippen LogP contribution in [0, 0.1) is 0 Å². The van der Waals surface area contributed by atoms with Crippen molar-refractivity contribution in [2.45, 2.75) is 13.3 Å².